The molecule has 1 fully saturated rings. The average molecular weight is 403 g/mol. The molecule has 0 atom stereocenters. The molecule has 2 aromatic carbocycles. The Bertz CT molecular complexity index is 1180. The molecule has 1 aliphatic rings. The maximum atomic E-state index is 14.4. The number of ether oxygens (including phenoxy) is 1. The van der Waals surface area contributed by atoms with E-state index in [0.717, 1.165) is 22.5 Å². The number of benzene rings is 2. The maximum absolute atomic E-state index is 14.4. The minimum Gasteiger partial charge on any atom is -0.497 e. The summed E-state index contributed by atoms with van der Waals surface area (Å²) < 4.78 is 21.4. The van der Waals surface area contributed by atoms with Crippen molar-refractivity contribution in [1.29, 1.82) is 0 Å². The van der Waals surface area contributed by atoms with Crippen molar-refractivity contribution < 1.29 is 9.13 Å². The first-order chi connectivity index (χ1) is 14.7. The summed E-state index contributed by atoms with van der Waals surface area (Å²) in [4.78, 5) is 4.62. The molecule has 0 unspecified atom stereocenters. The monoisotopic (exact) mass is 403 g/mol. The van der Waals surface area contributed by atoms with Gasteiger partial charge in [-0.25, -0.2) is 8.91 Å². The number of halogens is 1. The van der Waals surface area contributed by atoms with Gasteiger partial charge in [-0.2, -0.15) is 4.98 Å². The molecule has 0 spiro atoms. The molecule has 152 valence electrons. The lowest BCUT2D eigenvalue weighted by molar-refractivity contribution is 0.415. The summed E-state index contributed by atoms with van der Waals surface area (Å²) in [5.74, 6) is 0.974. The lowest BCUT2D eigenvalue weighted by atomic mass is 10.1. The van der Waals surface area contributed by atoms with Crippen LogP contribution in [0.4, 0.5) is 16.0 Å². The third-order valence-electron chi connectivity index (χ3n) is 5.23. The molecule has 5 rings (SSSR count). The standard InChI is InChI=1S/C23H22FN5O/c1-30-19-10-5-15(6-11-19)20-3-2-12-29-22(20)27-23(28-29)26-18-7-4-16(21(24)13-18)14-25-17-8-9-17/h2-7,10-13,17,25H,8-9,14H2,1H3,(H,26,28). The summed E-state index contributed by atoms with van der Waals surface area (Å²) >= 11 is 0. The van der Waals surface area contributed by atoms with Gasteiger partial charge in [-0.3, -0.25) is 0 Å². The molecule has 4 aromatic rings. The SMILES string of the molecule is COc1ccc(-c2cccn3nc(Nc4ccc(CNC5CC5)c(F)c4)nc23)cc1. The molecule has 7 heteroatoms. The number of nitrogens with zero attached hydrogens (tertiary/aromatic N) is 3. The second-order valence-corrected chi connectivity index (χ2v) is 7.44. The smallest absolute Gasteiger partial charge is 0.247 e. The van der Waals surface area contributed by atoms with Gasteiger partial charge in [-0.15, -0.1) is 5.10 Å². The van der Waals surface area contributed by atoms with Crippen LogP contribution in [-0.4, -0.2) is 27.7 Å². The van der Waals surface area contributed by atoms with Crippen LogP contribution in [0.2, 0.25) is 0 Å². The Morgan fingerprint density at radius 3 is 2.70 bits per heavy atom. The van der Waals surface area contributed by atoms with Crippen molar-refractivity contribution in [1.82, 2.24) is 19.9 Å². The molecule has 0 saturated heterocycles. The summed E-state index contributed by atoms with van der Waals surface area (Å²) in [5.41, 5.74) is 3.96. The van der Waals surface area contributed by atoms with E-state index in [-0.39, 0.29) is 5.82 Å². The van der Waals surface area contributed by atoms with E-state index in [0.29, 0.717) is 29.8 Å². The Morgan fingerprint density at radius 2 is 1.97 bits per heavy atom. The van der Waals surface area contributed by atoms with Crippen LogP contribution in [0, 0.1) is 5.82 Å². The average Bonchev–Trinajstić information content (AvgIpc) is 3.50. The van der Waals surface area contributed by atoms with Crippen molar-refractivity contribution in [3.05, 3.63) is 72.2 Å². The molecule has 2 N–H and O–H groups in total. The van der Waals surface area contributed by atoms with Crippen LogP contribution in [-0.2, 0) is 6.54 Å². The molecule has 2 aromatic heterocycles. The van der Waals surface area contributed by atoms with Crippen LogP contribution in [0.5, 0.6) is 5.75 Å². The van der Waals surface area contributed by atoms with Crippen LogP contribution in [0.3, 0.4) is 0 Å². The van der Waals surface area contributed by atoms with Gasteiger partial charge < -0.3 is 15.4 Å². The predicted molar refractivity (Wildman–Crippen MR) is 115 cm³/mol. The van der Waals surface area contributed by atoms with E-state index in [1.807, 2.05) is 48.7 Å². The fraction of sp³-hybridized carbons (Fsp3) is 0.217. The third-order valence-corrected chi connectivity index (χ3v) is 5.23. The van der Waals surface area contributed by atoms with E-state index in [2.05, 4.69) is 20.7 Å². The van der Waals surface area contributed by atoms with E-state index in [9.17, 15) is 4.39 Å². The Labute approximate surface area is 173 Å². The van der Waals surface area contributed by atoms with E-state index >= 15 is 0 Å². The summed E-state index contributed by atoms with van der Waals surface area (Å²) in [6.45, 7) is 0.550. The van der Waals surface area contributed by atoms with Gasteiger partial charge >= 0.3 is 0 Å². The molecule has 0 amide bonds. The van der Waals surface area contributed by atoms with Gasteiger partial charge in [-0.05, 0) is 54.8 Å². The van der Waals surface area contributed by atoms with Crippen LogP contribution in [0.15, 0.2) is 60.8 Å². The first-order valence-electron chi connectivity index (χ1n) is 9.98. The Kier molecular flexibility index (Phi) is 4.80. The minimum absolute atomic E-state index is 0.240. The van der Waals surface area contributed by atoms with Crippen LogP contribution in [0.1, 0.15) is 18.4 Å². The topological polar surface area (TPSA) is 63.5 Å². The summed E-state index contributed by atoms with van der Waals surface area (Å²) in [6, 6.07) is 17.4. The van der Waals surface area contributed by atoms with Crippen LogP contribution < -0.4 is 15.4 Å². The van der Waals surface area contributed by atoms with E-state index in [1.165, 1.54) is 18.9 Å². The predicted octanol–water partition coefficient (Wildman–Crippen LogP) is 4.54. The maximum Gasteiger partial charge on any atom is 0.247 e. The van der Waals surface area contributed by atoms with Crippen molar-refractivity contribution in [3.63, 3.8) is 0 Å². The minimum atomic E-state index is -0.240. The fourth-order valence-corrected chi connectivity index (χ4v) is 3.39. The molecule has 6 nitrogen and oxygen atoms in total. The highest BCUT2D eigenvalue weighted by molar-refractivity contribution is 5.78. The molecular weight excluding hydrogens is 381 g/mol. The van der Waals surface area contributed by atoms with Crippen molar-refractivity contribution >= 4 is 17.3 Å². The number of fused-ring (bicyclic) bond motifs is 1. The number of methoxy groups -OCH3 is 1. The number of aromatic nitrogens is 3. The van der Waals surface area contributed by atoms with Gasteiger partial charge in [0.05, 0.1) is 7.11 Å². The summed E-state index contributed by atoms with van der Waals surface area (Å²) in [6.07, 6.45) is 4.20. The summed E-state index contributed by atoms with van der Waals surface area (Å²) in [5, 5.41) is 10.9. The Hall–Kier alpha value is -3.45. The van der Waals surface area contributed by atoms with Crippen molar-refractivity contribution in [2.75, 3.05) is 12.4 Å². The van der Waals surface area contributed by atoms with Gasteiger partial charge in [0.15, 0.2) is 5.65 Å². The zero-order chi connectivity index (χ0) is 20.5. The van der Waals surface area contributed by atoms with Gasteiger partial charge in [0, 0.05) is 35.6 Å². The molecule has 1 saturated carbocycles. The highest BCUT2D eigenvalue weighted by Gasteiger charge is 2.20. The zero-order valence-electron chi connectivity index (χ0n) is 16.6. The van der Waals surface area contributed by atoms with Crippen LogP contribution >= 0.6 is 0 Å². The first-order valence-corrected chi connectivity index (χ1v) is 9.98. The van der Waals surface area contributed by atoms with E-state index < -0.39 is 0 Å². The van der Waals surface area contributed by atoms with Gasteiger partial charge in [-0.1, -0.05) is 18.2 Å². The molecule has 0 aliphatic heterocycles. The lowest BCUT2D eigenvalue weighted by Crippen LogP contribution is -2.16. The van der Waals surface area contributed by atoms with Gasteiger partial charge in [0.25, 0.3) is 0 Å². The lowest BCUT2D eigenvalue weighted by Gasteiger charge is -2.07. The van der Waals surface area contributed by atoms with Crippen molar-refractivity contribution in [2.45, 2.75) is 25.4 Å². The van der Waals surface area contributed by atoms with Crippen LogP contribution in [0.25, 0.3) is 16.8 Å². The largest absolute Gasteiger partial charge is 0.497 e. The quantitative estimate of drug-likeness (QED) is 0.474. The highest BCUT2D eigenvalue weighted by atomic mass is 19.1. The number of nitrogens with one attached hydrogen (secondary N) is 2. The number of pyridine rings is 1. The van der Waals surface area contributed by atoms with Crippen molar-refractivity contribution in [3.8, 4) is 16.9 Å². The highest BCUT2D eigenvalue weighted by Crippen LogP contribution is 2.27. The second kappa shape index (κ2) is 7.76. The Morgan fingerprint density at radius 1 is 1.13 bits per heavy atom. The molecule has 1 aliphatic carbocycles. The molecule has 2 heterocycles. The van der Waals surface area contributed by atoms with Gasteiger partial charge in [0.2, 0.25) is 5.95 Å². The third kappa shape index (κ3) is 3.84. The normalized spacial score (nSPS) is 13.5. The molecule has 0 radical (unpaired) electrons. The number of hydrogen-bond acceptors (Lipinski definition) is 5. The van der Waals surface area contributed by atoms with E-state index in [4.69, 9.17) is 4.74 Å². The summed E-state index contributed by atoms with van der Waals surface area (Å²) in [7, 11) is 1.64. The molecular formula is C23H22FN5O. The number of anilines is 2. The zero-order valence-corrected chi connectivity index (χ0v) is 16.6. The first kappa shape index (κ1) is 18.6. The van der Waals surface area contributed by atoms with Gasteiger partial charge in [0.1, 0.15) is 11.6 Å². The number of rotatable bonds is 7. The second-order valence-electron chi connectivity index (χ2n) is 7.44. The molecule has 30 heavy (non-hydrogen) atoms. The van der Waals surface area contributed by atoms with E-state index in [1.54, 1.807) is 17.7 Å². The number of hydrogen-bond donors (Lipinski definition) is 2. The fourth-order valence-electron chi connectivity index (χ4n) is 3.39. The Balaban J connectivity index is 1.39. The molecule has 0 bridgehead atoms. The van der Waals surface area contributed by atoms with Crippen molar-refractivity contribution in [2.24, 2.45) is 0 Å².